The first-order valence-electron chi connectivity index (χ1n) is 36.5. The number of hydrogen-bond donors (Lipinski definition) is 2. The highest BCUT2D eigenvalue weighted by Crippen LogP contribution is 2.52. The van der Waals surface area contributed by atoms with Gasteiger partial charge in [0.05, 0.1) is 21.9 Å². The number of carbonyl (C=O) groups excluding carboxylic acids is 5. The second-order valence-corrected chi connectivity index (χ2v) is 36.3. The molecule has 1 aliphatic rings. The Morgan fingerprint density at radius 2 is 0.588 bits per heavy atom. The van der Waals surface area contributed by atoms with Gasteiger partial charge in [0.2, 0.25) is 0 Å². The summed E-state index contributed by atoms with van der Waals surface area (Å²) in [7, 11) is 0. The van der Waals surface area contributed by atoms with Crippen LogP contribution in [0.2, 0.25) is 0 Å². The number of Topliss-reactive ketones (excluding diaryl/α,β-unsaturated/α-hetero) is 1. The minimum atomic E-state index is -0.607. The van der Waals surface area contributed by atoms with Crippen LogP contribution in [0, 0.1) is 48.8 Å². The summed E-state index contributed by atoms with van der Waals surface area (Å²) in [6.07, 6.45) is 2.42. The molecule has 14 aromatic rings. The zero-order chi connectivity index (χ0) is 85.7. The molecular formula is C97H74I8N4O10. The van der Waals surface area contributed by atoms with E-state index in [2.05, 4.69) is 310 Å². The van der Waals surface area contributed by atoms with Crippen LogP contribution in [0.3, 0.4) is 0 Å². The first kappa shape index (κ1) is 94.2. The number of ether oxygens (including phenoxy) is 1. The van der Waals surface area contributed by atoms with Crippen molar-refractivity contribution in [2.45, 2.75) is 38.4 Å². The van der Waals surface area contributed by atoms with Crippen LogP contribution in [0.1, 0.15) is 124 Å². The van der Waals surface area contributed by atoms with Crippen molar-refractivity contribution in [3.63, 3.8) is 0 Å². The average Bonchev–Trinajstić information content (AvgIpc) is 1.56. The smallest absolute Gasteiger partial charge is 0.270 e. The monoisotopic (exact) mass is 2470 g/mol. The fourth-order valence-electron chi connectivity index (χ4n) is 12.3. The Morgan fingerprint density at radius 3 is 0.874 bits per heavy atom. The number of carbonyl (C=O) groups is 5. The number of rotatable bonds is 17. The number of nitro benzene ring substituents is 2. The van der Waals surface area contributed by atoms with E-state index < -0.39 is 15.6 Å². The van der Waals surface area contributed by atoms with E-state index >= 15 is 0 Å². The summed E-state index contributed by atoms with van der Waals surface area (Å²) in [5.41, 5.74) is 24.6. The third-order valence-corrected chi connectivity index (χ3v) is 23.3. The predicted octanol–water partition coefficient (Wildman–Crippen LogP) is 26.4. The third-order valence-electron chi connectivity index (χ3n) is 17.9. The Bertz CT molecular complexity index is 5540. The number of allylic oxidation sites excluding steroid dienone is 1. The van der Waals surface area contributed by atoms with E-state index in [0.717, 1.165) is 59.8 Å². The van der Waals surface area contributed by atoms with E-state index in [9.17, 15) is 44.2 Å². The second kappa shape index (κ2) is 47.0. The molecule has 1 fully saturated rings. The molecule has 4 N–H and O–H groups in total. The zero-order valence-electron chi connectivity index (χ0n) is 63.9. The van der Waals surface area contributed by atoms with E-state index in [1.54, 1.807) is 55.5 Å². The van der Waals surface area contributed by atoms with Crippen LogP contribution < -0.4 is 11.5 Å². The number of hydrogen-bond acceptors (Lipinski definition) is 12. The van der Waals surface area contributed by atoms with Crippen molar-refractivity contribution in [2.75, 3.05) is 11.5 Å². The summed E-state index contributed by atoms with van der Waals surface area (Å²) in [6, 6.07) is 109. The molecule has 22 heteroatoms. The third kappa shape index (κ3) is 28.5. The van der Waals surface area contributed by atoms with Gasteiger partial charge in [-0.1, -0.05) is 212 Å². The number of nitrogens with zero attached hydrogens (tertiary/aromatic N) is 2. The lowest BCUT2D eigenvalue weighted by molar-refractivity contribution is -0.385. The second-order valence-electron chi connectivity index (χ2n) is 26.3. The van der Waals surface area contributed by atoms with Gasteiger partial charge in [0.25, 0.3) is 11.4 Å². The largest absolute Gasteiger partial charge is 0.399 e. The molecule has 0 amide bonds. The van der Waals surface area contributed by atoms with Crippen molar-refractivity contribution in [2.24, 2.45) is 0 Å². The van der Waals surface area contributed by atoms with Gasteiger partial charge in [-0.15, -0.1) is 0 Å². The van der Waals surface area contributed by atoms with E-state index in [0.29, 0.717) is 22.5 Å². The molecule has 0 spiro atoms. The van der Waals surface area contributed by atoms with Crippen LogP contribution in [-0.2, 0) is 15.1 Å². The number of benzene rings is 14. The van der Waals surface area contributed by atoms with E-state index in [1.165, 1.54) is 78.5 Å². The molecule has 14 aromatic carbocycles. The van der Waals surface area contributed by atoms with Gasteiger partial charge < -0.3 is 16.2 Å². The molecule has 0 aliphatic carbocycles. The quantitative estimate of drug-likeness (QED) is 0.0216. The van der Waals surface area contributed by atoms with Crippen molar-refractivity contribution in [1.82, 2.24) is 0 Å². The first-order chi connectivity index (χ1) is 57.1. The number of nitro groups is 2. The lowest BCUT2D eigenvalue weighted by atomic mass is 9.88. The highest BCUT2D eigenvalue weighted by Gasteiger charge is 2.56. The van der Waals surface area contributed by atoms with Crippen molar-refractivity contribution < 1.29 is 38.6 Å². The molecule has 1 aliphatic heterocycles. The number of anilines is 2. The molecule has 15 rings (SSSR count). The SMILES string of the molecule is CC(=O)C(c1cccc(I)c1)c1cccc(I)c1.CC1OC1(c1cccc(I)c1)c1cccc(I)c1.CC=C(c1cccc(I)c1)c1cccc(I)c1.Nc1cccc(C(=O)c2cccc(N)c2)c1.O=C(c1cccc(I)c1)c1cccc(I)c1.O=C(c1cccc([N+](=O)[O-])c1)c1cccc([N+](=O)[O-])c1.O=C(c1ccccc1)c1ccccc1. The molecule has 119 heavy (non-hydrogen) atoms. The van der Waals surface area contributed by atoms with Crippen LogP contribution in [0.5, 0.6) is 0 Å². The van der Waals surface area contributed by atoms with Crippen molar-refractivity contribution >= 4 is 238 Å². The van der Waals surface area contributed by atoms with Crippen molar-refractivity contribution in [1.29, 1.82) is 0 Å². The molecule has 1 heterocycles. The van der Waals surface area contributed by atoms with Crippen molar-refractivity contribution in [3.8, 4) is 0 Å². The van der Waals surface area contributed by atoms with Crippen LogP contribution in [0.4, 0.5) is 22.7 Å². The highest BCUT2D eigenvalue weighted by atomic mass is 127. The fourth-order valence-corrected chi connectivity index (χ4v) is 16.7. The summed E-state index contributed by atoms with van der Waals surface area (Å²) < 4.78 is 15.5. The maximum absolute atomic E-state index is 12.2. The van der Waals surface area contributed by atoms with Crippen molar-refractivity contribution in [3.05, 3.63) is 485 Å². The Balaban J connectivity index is 0.000000158. The van der Waals surface area contributed by atoms with Gasteiger partial charge in [0.1, 0.15) is 11.4 Å². The Kier molecular flexibility index (Phi) is 37.2. The average molecular weight is 2470 g/mol. The number of halogens is 8. The molecule has 1 saturated heterocycles. The number of non-ortho nitro benzene ring substituents is 2. The molecule has 0 radical (unpaired) electrons. The Hall–Kier alpha value is -8.63. The number of epoxide rings is 1. The maximum Gasteiger partial charge on any atom is 0.270 e. The molecule has 0 saturated carbocycles. The van der Waals surface area contributed by atoms with Gasteiger partial charge >= 0.3 is 0 Å². The van der Waals surface area contributed by atoms with E-state index in [1.807, 2.05) is 146 Å². The highest BCUT2D eigenvalue weighted by molar-refractivity contribution is 14.1. The summed E-state index contributed by atoms with van der Waals surface area (Å²) in [6.45, 7) is 5.89. The van der Waals surface area contributed by atoms with Gasteiger partial charge in [0.15, 0.2) is 23.1 Å². The van der Waals surface area contributed by atoms with Gasteiger partial charge in [-0.05, 0) is 362 Å². The van der Waals surface area contributed by atoms with Gasteiger partial charge in [-0.3, -0.25) is 44.2 Å². The van der Waals surface area contributed by atoms with Gasteiger partial charge in [-0.25, -0.2) is 0 Å². The first-order valence-corrected chi connectivity index (χ1v) is 45.1. The topological polar surface area (TPSA) is 236 Å². The Morgan fingerprint density at radius 1 is 0.336 bits per heavy atom. The molecule has 0 bridgehead atoms. The lowest BCUT2D eigenvalue weighted by Gasteiger charge is -2.15. The lowest BCUT2D eigenvalue weighted by Crippen LogP contribution is -2.14. The number of nitrogens with two attached hydrogens (primary N) is 2. The van der Waals surface area contributed by atoms with Crippen LogP contribution in [-0.4, -0.2) is 44.9 Å². The summed E-state index contributed by atoms with van der Waals surface area (Å²) in [5.74, 6) is -0.395. The molecular weight excluding hydrogens is 2400 g/mol. The zero-order valence-corrected chi connectivity index (χ0v) is 81.1. The predicted molar refractivity (Wildman–Crippen MR) is 544 cm³/mol. The standard InChI is InChI=1S/2C15H12I2O.C15H12I2.C13H8I2O.C13H8N2O5.C13H12N2O.C13H10O/c1-10-15(18-10,11-4-2-6-13(16)8-11)12-5-3-7-14(17)9-12;1-10(18)15(11-4-2-6-13(16)8-11)12-5-3-7-14(17)9-12;1-2-15(11-5-3-7-13(16)9-11)12-6-4-8-14(17)10-12;14-11-5-1-3-9(7-11)13(16)10-4-2-6-12(15)8-10;16-13(9-3-1-5-11(7-9)14(17)18)10-4-2-6-12(8-10)15(19)20;14-11-5-1-3-9(7-11)13(16)10-4-2-6-12(15)8-10;14-13(11-7-3-1-4-8-11)12-9-5-2-6-10-12/h2-10H,1H3;2-9,15H,1H3;2-10H,1H3;1-8H;1-8H;1-8H,14-15H2;1-10H. The van der Waals surface area contributed by atoms with Gasteiger partial charge in [-0.2, -0.15) is 0 Å². The normalized spacial score (nSPS) is 11.7. The maximum atomic E-state index is 12.2. The molecule has 1 atom stereocenters. The van der Waals surface area contributed by atoms with Crippen LogP contribution in [0.15, 0.2) is 358 Å². The van der Waals surface area contributed by atoms with Crippen LogP contribution >= 0.6 is 181 Å². The molecule has 14 nitrogen and oxygen atoms in total. The van der Waals surface area contributed by atoms with Crippen LogP contribution in [0.25, 0.3) is 5.57 Å². The molecule has 598 valence electrons. The fraction of sp³-hybridized carbons (Fsp3) is 0.0619. The molecule has 0 aromatic heterocycles. The molecule has 1 unspecified atom stereocenters. The summed E-state index contributed by atoms with van der Waals surface area (Å²) in [4.78, 5) is 80.3. The summed E-state index contributed by atoms with van der Waals surface area (Å²) in [5, 5.41) is 21.3. The van der Waals surface area contributed by atoms with Gasteiger partial charge in [0, 0.05) is 109 Å². The number of ketones is 5. The minimum Gasteiger partial charge on any atom is -0.399 e. The van der Waals surface area contributed by atoms with E-state index in [-0.39, 0.29) is 63.3 Å². The number of nitrogen functional groups attached to an aromatic ring is 2. The van der Waals surface area contributed by atoms with E-state index in [4.69, 9.17) is 16.2 Å². The Labute approximate surface area is 800 Å². The minimum absolute atomic E-state index is 0.0698. The summed E-state index contributed by atoms with van der Waals surface area (Å²) >= 11 is 18.4.